The van der Waals surface area contributed by atoms with Crippen LogP contribution in [0, 0.1) is 6.92 Å². The lowest BCUT2D eigenvalue weighted by molar-refractivity contribution is 0.00843. The number of likely N-dealkylation sites (tertiary alicyclic amines) is 1. The van der Waals surface area contributed by atoms with Gasteiger partial charge in [-0.3, -0.25) is 4.79 Å². The van der Waals surface area contributed by atoms with Gasteiger partial charge in [0.25, 0.3) is 5.91 Å². The van der Waals surface area contributed by atoms with Gasteiger partial charge in [-0.05, 0) is 50.9 Å². The summed E-state index contributed by atoms with van der Waals surface area (Å²) in [6.07, 6.45) is 2.86. The third-order valence-electron chi connectivity index (χ3n) is 4.57. The van der Waals surface area contributed by atoms with E-state index in [0.29, 0.717) is 31.1 Å². The van der Waals surface area contributed by atoms with E-state index in [1.165, 1.54) is 0 Å². The third-order valence-corrected chi connectivity index (χ3v) is 5.39. The molecule has 1 aromatic carbocycles. The smallest absolute Gasteiger partial charge is 0.253 e. The first-order chi connectivity index (χ1) is 13.2. The number of carbonyl (C=O) groups excluding carboxylic acids is 1. The van der Waals surface area contributed by atoms with Crippen molar-refractivity contribution in [2.75, 3.05) is 26.2 Å². The summed E-state index contributed by atoms with van der Waals surface area (Å²) in [7, 11) is 0. The van der Waals surface area contributed by atoms with Crippen LogP contribution in [0.1, 0.15) is 40.3 Å². The summed E-state index contributed by atoms with van der Waals surface area (Å²) < 4.78 is 11.6. The zero-order valence-electron chi connectivity index (χ0n) is 16.5. The number of carbonyl (C=O) groups is 1. The van der Waals surface area contributed by atoms with E-state index in [-0.39, 0.29) is 36.8 Å². The van der Waals surface area contributed by atoms with Crippen molar-refractivity contribution in [3.05, 3.63) is 45.9 Å². The highest BCUT2D eigenvalue weighted by molar-refractivity contribution is 7.09. The lowest BCUT2D eigenvalue weighted by Crippen LogP contribution is -2.41. The minimum Gasteiger partial charge on any atom is -0.487 e. The maximum Gasteiger partial charge on any atom is 0.253 e. The Hall–Kier alpha value is -1.38. The van der Waals surface area contributed by atoms with Crippen LogP contribution in [0.2, 0.25) is 0 Å². The standard InChI is InChI=1S/C20H27N3O3S.2ClH/c1-15-22-17(14-27-15)13-26-19-5-2-4-16(12-19)20(24)23-9-6-18(7-10-23)25-11-3-8-21;;/h2,4-5,12,14,18H,3,6-11,13,21H2,1H3;2*1H. The van der Waals surface area contributed by atoms with Gasteiger partial charge in [0.1, 0.15) is 12.4 Å². The van der Waals surface area contributed by atoms with Crippen molar-refractivity contribution in [2.24, 2.45) is 5.73 Å². The highest BCUT2D eigenvalue weighted by atomic mass is 35.5. The van der Waals surface area contributed by atoms with Gasteiger partial charge in [0.15, 0.2) is 0 Å². The predicted molar refractivity (Wildman–Crippen MR) is 121 cm³/mol. The fraction of sp³-hybridized carbons (Fsp3) is 0.500. The van der Waals surface area contributed by atoms with Crippen LogP contribution in [0.15, 0.2) is 29.6 Å². The number of hydrogen-bond donors (Lipinski definition) is 1. The van der Waals surface area contributed by atoms with Crippen molar-refractivity contribution in [3.63, 3.8) is 0 Å². The summed E-state index contributed by atoms with van der Waals surface area (Å²) in [5.41, 5.74) is 7.06. The Morgan fingerprint density at radius 3 is 2.72 bits per heavy atom. The Morgan fingerprint density at radius 1 is 1.31 bits per heavy atom. The zero-order chi connectivity index (χ0) is 19.1. The molecule has 2 N–H and O–H groups in total. The lowest BCUT2D eigenvalue weighted by Gasteiger charge is -2.32. The fourth-order valence-corrected chi connectivity index (χ4v) is 3.69. The van der Waals surface area contributed by atoms with E-state index < -0.39 is 0 Å². The van der Waals surface area contributed by atoms with Crippen LogP contribution in [0.3, 0.4) is 0 Å². The van der Waals surface area contributed by atoms with Crippen LogP contribution in [-0.2, 0) is 11.3 Å². The fourth-order valence-electron chi connectivity index (χ4n) is 3.09. The third kappa shape index (κ3) is 7.75. The SMILES string of the molecule is Cc1nc(COc2cccc(C(=O)N3CCC(OCCCN)CC3)c2)cs1.Cl.Cl. The molecule has 0 aliphatic carbocycles. The monoisotopic (exact) mass is 461 g/mol. The molecule has 2 heterocycles. The van der Waals surface area contributed by atoms with E-state index >= 15 is 0 Å². The number of piperidine rings is 1. The number of rotatable bonds is 8. The van der Waals surface area contributed by atoms with Crippen LogP contribution in [0.4, 0.5) is 0 Å². The molecule has 0 radical (unpaired) electrons. The molecule has 0 bridgehead atoms. The van der Waals surface area contributed by atoms with Crippen molar-refractivity contribution in [1.82, 2.24) is 9.88 Å². The van der Waals surface area contributed by atoms with Gasteiger partial charge in [-0.2, -0.15) is 0 Å². The van der Waals surface area contributed by atoms with Crippen molar-refractivity contribution in [1.29, 1.82) is 0 Å². The maximum atomic E-state index is 12.8. The summed E-state index contributed by atoms with van der Waals surface area (Å²) in [4.78, 5) is 19.1. The van der Waals surface area contributed by atoms with Gasteiger partial charge in [-0.1, -0.05) is 6.07 Å². The quantitative estimate of drug-likeness (QED) is 0.604. The average Bonchev–Trinajstić information content (AvgIpc) is 3.12. The van der Waals surface area contributed by atoms with Crippen LogP contribution in [-0.4, -0.2) is 48.1 Å². The molecule has 6 nitrogen and oxygen atoms in total. The Kier molecular flexibility index (Phi) is 11.5. The van der Waals surface area contributed by atoms with Crippen LogP contribution >= 0.6 is 36.2 Å². The number of nitrogens with zero attached hydrogens (tertiary/aromatic N) is 2. The number of ether oxygens (including phenoxy) is 2. The van der Waals surface area contributed by atoms with E-state index in [0.717, 1.165) is 43.1 Å². The highest BCUT2D eigenvalue weighted by Gasteiger charge is 2.24. The molecule has 1 aliphatic heterocycles. The van der Waals surface area contributed by atoms with Crippen LogP contribution < -0.4 is 10.5 Å². The van der Waals surface area contributed by atoms with E-state index in [4.69, 9.17) is 15.2 Å². The average molecular weight is 462 g/mol. The Morgan fingerprint density at radius 2 is 2.07 bits per heavy atom. The van der Waals surface area contributed by atoms with E-state index in [9.17, 15) is 4.79 Å². The molecule has 0 spiro atoms. The van der Waals surface area contributed by atoms with Crippen molar-refractivity contribution >= 4 is 42.1 Å². The van der Waals surface area contributed by atoms with E-state index in [1.807, 2.05) is 41.5 Å². The van der Waals surface area contributed by atoms with Gasteiger partial charge in [-0.25, -0.2) is 4.98 Å². The zero-order valence-corrected chi connectivity index (χ0v) is 19.0. The van der Waals surface area contributed by atoms with Gasteiger partial charge in [0, 0.05) is 30.6 Å². The normalized spacial score (nSPS) is 14.1. The number of hydrogen-bond acceptors (Lipinski definition) is 6. The molecule has 3 rings (SSSR count). The number of aryl methyl sites for hydroxylation is 1. The Balaban J connectivity index is 0.00000210. The molecule has 1 saturated heterocycles. The molecule has 1 aliphatic rings. The minimum atomic E-state index is 0. The van der Waals surface area contributed by atoms with E-state index in [1.54, 1.807) is 11.3 Å². The number of thiazole rings is 1. The number of aromatic nitrogens is 1. The Bertz CT molecular complexity index is 752. The van der Waals surface area contributed by atoms with Gasteiger partial charge in [0.05, 0.1) is 16.8 Å². The predicted octanol–water partition coefficient (Wildman–Crippen LogP) is 3.84. The molecule has 162 valence electrons. The van der Waals surface area contributed by atoms with Crippen molar-refractivity contribution < 1.29 is 14.3 Å². The second-order valence-electron chi connectivity index (χ2n) is 6.68. The molecule has 0 saturated carbocycles. The van der Waals surface area contributed by atoms with E-state index in [2.05, 4.69) is 4.98 Å². The number of benzene rings is 1. The molecular formula is C20H29Cl2N3O3S. The minimum absolute atomic E-state index is 0. The summed E-state index contributed by atoms with van der Waals surface area (Å²) >= 11 is 1.60. The number of amides is 1. The molecule has 1 fully saturated rings. The molecule has 29 heavy (non-hydrogen) atoms. The second kappa shape index (κ2) is 13.0. The summed E-state index contributed by atoms with van der Waals surface area (Å²) in [6, 6.07) is 7.38. The molecule has 0 unspecified atom stereocenters. The first-order valence-corrected chi connectivity index (χ1v) is 10.3. The van der Waals surface area contributed by atoms with Crippen molar-refractivity contribution in [2.45, 2.75) is 38.9 Å². The topological polar surface area (TPSA) is 77.7 Å². The summed E-state index contributed by atoms with van der Waals surface area (Å²) in [6.45, 7) is 5.17. The summed E-state index contributed by atoms with van der Waals surface area (Å²) in [5.74, 6) is 0.733. The van der Waals surface area contributed by atoms with Gasteiger partial charge >= 0.3 is 0 Å². The largest absolute Gasteiger partial charge is 0.487 e. The molecule has 9 heteroatoms. The molecular weight excluding hydrogens is 433 g/mol. The van der Waals surface area contributed by atoms with Crippen LogP contribution in [0.5, 0.6) is 5.75 Å². The van der Waals surface area contributed by atoms with Crippen LogP contribution in [0.25, 0.3) is 0 Å². The lowest BCUT2D eigenvalue weighted by atomic mass is 10.1. The van der Waals surface area contributed by atoms with Gasteiger partial charge in [-0.15, -0.1) is 36.2 Å². The molecule has 0 atom stereocenters. The maximum absolute atomic E-state index is 12.8. The molecule has 2 aromatic rings. The van der Waals surface area contributed by atoms with Crippen molar-refractivity contribution in [3.8, 4) is 5.75 Å². The molecule has 1 amide bonds. The second-order valence-corrected chi connectivity index (χ2v) is 7.74. The van der Waals surface area contributed by atoms with Gasteiger partial charge in [0.2, 0.25) is 0 Å². The Labute approximate surface area is 188 Å². The first-order valence-electron chi connectivity index (χ1n) is 9.40. The summed E-state index contributed by atoms with van der Waals surface area (Å²) in [5, 5.41) is 3.01. The highest BCUT2D eigenvalue weighted by Crippen LogP contribution is 2.20. The molecule has 1 aromatic heterocycles. The first kappa shape index (κ1) is 25.7. The number of halogens is 2. The van der Waals surface area contributed by atoms with Gasteiger partial charge < -0.3 is 20.1 Å². The number of nitrogens with two attached hydrogens (primary N) is 1.